The van der Waals surface area contributed by atoms with Crippen molar-refractivity contribution in [3.05, 3.63) is 52.8 Å². The Balaban J connectivity index is 1.59. The maximum Gasteiger partial charge on any atom is 0.416 e. The van der Waals surface area contributed by atoms with Crippen molar-refractivity contribution in [3.8, 4) is 0 Å². The van der Waals surface area contributed by atoms with Crippen LogP contribution in [0.1, 0.15) is 35.2 Å². The molecule has 1 aliphatic heterocycles. The van der Waals surface area contributed by atoms with E-state index in [0.717, 1.165) is 49.2 Å². The molecule has 0 atom stereocenters. The zero-order chi connectivity index (χ0) is 17.2. The van der Waals surface area contributed by atoms with Gasteiger partial charge < -0.3 is 5.32 Å². The smallest absolute Gasteiger partial charge is 0.352 e. The molecule has 0 aliphatic carbocycles. The molecule has 1 aliphatic rings. The quantitative estimate of drug-likeness (QED) is 0.932. The molecule has 0 fully saturated rings. The maximum atomic E-state index is 12.7. The first-order valence-electron chi connectivity index (χ1n) is 7.90. The first kappa shape index (κ1) is 16.5. The van der Waals surface area contributed by atoms with Gasteiger partial charge in [0, 0.05) is 24.3 Å². The van der Waals surface area contributed by atoms with Crippen LogP contribution in [0, 0.1) is 0 Å². The van der Waals surface area contributed by atoms with E-state index < -0.39 is 11.7 Å². The summed E-state index contributed by atoms with van der Waals surface area (Å²) in [6, 6.07) is 4.86. The van der Waals surface area contributed by atoms with Crippen molar-refractivity contribution in [2.24, 2.45) is 0 Å². The number of amides is 1. The van der Waals surface area contributed by atoms with Crippen LogP contribution in [0.3, 0.4) is 0 Å². The lowest BCUT2D eigenvalue weighted by Gasteiger charge is -2.15. The number of nitrogens with zero attached hydrogens (tertiary/aromatic N) is 2. The predicted octanol–water partition coefficient (Wildman–Crippen LogP) is 3.10. The number of aromatic nitrogens is 2. The number of benzene rings is 1. The van der Waals surface area contributed by atoms with Gasteiger partial charge in [0.15, 0.2) is 0 Å². The Morgan fingerprint density at radius 1 is 1.29 bits per heavy atom. The summed E-state index contributed by atoms with van der Waals surface area (Å²) >= 11 is 0. The third-order valence-corrected chi connectivity index (χ3v) is 4.16. The Hall–Kier alpha value is -2.31. The molecule has 0 saturated heterocycles. The number of rotatable bonds is 4. The average Bonchev–Trinajstić information content (AvgIpc) is 2.96. The van der Waals surface area contributed by atoms with Crippen LogP contribution in [0.2, 0.25) is 0 Å². The number of carbonyl (C=O) groups excluding carboxylic acids is 1. The van der Waals surface area contributed by atoms with Crippen LogP contribution in [-0.4, -0.2) is 15.7 Å². The monoisotopic (exact) mass is 337 g/mol. The molecule has 2 aromatic rings. The fraction of sp³-hybridized carbons (Fsp3) is 0.412. The highest BCUT2D eigenvalue weighted by atomic mass is 19.4. The molecule has 3 rings (SSSR count). The second kappa shape index (κ2) is 6.67. The molecule has 2 heterocycles. The minimum absolute atomic E-state index is 0.0760. The first-order chi connectivity index (χ1) is 11.4. The summed E-state index contributed by atoms with van der Waals surface area (Å²) < 4.78 is 40.0. The predicted molar refractivity (Wildman–Crippen MR) is 82.2 cm³/mol. The summed E-state index contributed by atoms with van der Waals surface area (Å²) in [5, 5.41) is 7.07. The van der Waals surface area contributed by atoms with Crippen molar-refractivity contribution in [1.82, 2.24) is 15.1 Å². The third kappa shape index (κ3) is 3.77. The van der Waals surface area contributed by atoms with Gasteiger partial charge in [0.05, 0.1) is 18.2 Å². The SMILES string of the molecule is O=C(Cc1cccc(C(F)(F)F)c1)NCc1cnn2c1CCCC2. The largest absolute Gasteiger partial charge is 0.416 e. The van der Waals surface area contributed by atoms with Crippen molar-refractivity contribution in [2.45, 2.75) is 44.9 Å². The Labute approximate surface area is 137 Å². The zero-order valence-electron chi connectivity index (χ0n) is 13.1. The summed E-state index contributed by atoms with van der Waals surface area (Å²) in [6.45, 7) is 1.25. The summed E-state index contributed by atoms with van der Waals surface area (Å²) in [4.78, 5) is 12.0. The van der Waals surface area contributed by atoms with Gasteiger partial charge in [0.2, 0.25) is 5.91 Å². The second-order valence-corrected chi connectivity index (χ2v) is 5.95. The van der Waals surface area contributed by atoms with Gasteiger partial charge in [0.1, 0.15) is 0 Å². The average molecular weight is 337 g/mol. The lowest BCUT2D eigenvalue weighted by molar-refractivity contribution is -0.137. The Morgan fingerprint density at radius 2 is 2.12 bits per heavy atom. The zero-order valence-corrected chi connectivity index (χ0v) is 13.1. The van der Waals surface area contributed by atoms with Crippen molar-refractivity contribution in [2.75, 3.05) is 0 Å². The molecular weight excluding hydrogens is 319 g/mol. The van der Waals surface area contributed by atoms with Crippen LogP contribution >= 0.6 is 0 Å². The molecule has 0 bridgehead atoms. The van der Waals surface area contributed by atoms with Crippen LogP contribution < -0.4 is 5.32 Å². The molecule has 0 saturated carbocycles. The van der Waals surface area contributed by atoms with Crippen LogP contribution in [0.25, 0.3) is 0 Å². The fourth-order valence-electron chi connectivity index (χ4n) is 2.93. The highest BCUT2D eigenvalue weighted by Crippen LogP contribution is 2.29. The Bertz CT molecular complexity index is 737. The topological polar surface area (TPSA) is 46.9 Å². The lowest BCUT2D eigenvalue weighted by Crippen LogP contribution is -2.25. The number of carbonyl (C=O) groups is 1. The van der Waals surface area contributed by atoms with Crippen molar-refractivity contribution in [3.63, 3.8) is 0 Å². The van der Waals surface area contributed by atoms with Crippen molar-refractivity contribution < 1.29 is 18.0 Å². The van der Waals surface area contributed by atoms with Gasteiger partial charge >= 0.3 is 6.18 Å². The molecule has 24 heavy (non-hydrogen) atoms. The molecule has 1 aromatic heterocycles. The molecule has 1 N–H and O–H groups in total. The fourth-order valence-corrected chi connectivity index (χ4v) is 2.93. The van der Waals surface area contributed by atoms with Gasteiger partial charge in [0.25, 0.3) is 0 Å². The molecule has 1 amide bonds. The number of halogens is 3. The van der Waals surface area contributed by atoms with Crippen molar-refractivity contribution >= 4 is 5.91 Å². The van der Waals surface area contributed by atoms with Crippen LogP contribution in [0.15, 0.2) is 30.5 Å². The molecule has 0 unspecified atom stereocenters. The number of hydrogen-bond acceptors (Lipinski definition) is 2. The minimum Gasteiger partial charge on any atom is -0.352 e. The highest BCUT2D eigenvalue weighted by molar-refractivity contribution is 5.78. The summed E-state index contributed by atoms with van der Waals surface area (Å²) in [7, 11) is 0. The van der Waals surface area contributed by atoms with E-state index in [-0.39, 0.29) is 12.3 Å². The van der Waals surface area contributed by atoms with Crippen molar-refractivity contribution in [1.29, 1.82) is 0 Å². The maximum absolute atomic E-state index is 12.7. The molecule has 0 radical (unpaired) electrons. The number of fused-ring (bicyclic) bond motifs is 1. The van der Waals surface area contributed by atoms with Gasteiger partial charge in [-0.3, -0.25) is 9.48 Å². The van der Waals surface area contributed by atoms with E-state index in [1.165, 1.54) is 12.1 Å². The van der Waals surface area contributed by atoms with E-state index in [4.69, 9.17) is 0 Å². The summed E-state index contributed by atoms with van der Waals surface area (Å²) in [6.07, 6.45) is 0.439. The molecule has 4 nitrogen and oxygen atoms in total. The number of alkyl halides is 3. The van der Waals surface area contributed by atoms with E-state index in [0.29, 0.717) is 12.1 Å². The van der Waals surface area contributed by atoms with E-state index in [1.807, 2.05) is 4.68 Å². The third-order valence-electron chi connectivity index (χ3n) is 4.16. The van der Waals surface area contributed by atoms with Gasteiger partial charge in [-0.15, -0.1) is 0 Å². The van der Waals surface area contributed by atoms with Gasteiger partial charge in [-0.25, -0.2) is 0 Å². The Morgan fingerprint density at radius 3 is 2.92 bits per heavy atom. The molecular formula is C17H18F3N3O. The highest BCUT2D eigenvalue weighted by Gasteiger charge is 2.30. The van der Waals surface area contributed by atoms with Gasteiger partial charge in [-0.1, -0.05) is 18.2 Å². The molecule has 128 valence electrons. The van der Waals surface area contributed by atoms with E-state index in [2.05, 4.69) is 10.4 Å². The number of aryl methyl sites for hydroxylation is 1. The van der Waals surface area contributed by atoms with Crippen LogP contribution in [0.5, 0.6) is 0 Å². The normalized spacial score (nSPS) is 14.3. The molecule has 7 heteroatoms. The molecule has 0 spiro atoms. The number of nitrogens with one attached hydrogen (secondary N) is 1. The standard InChI is InChI=1S/C17H18F3N3O/c18-17(19,20)14-5-3-4-12(8-14)9-16(24)21-10-13-11-22-23-7-2-1-6-15(13)23/h3-5,8,11H,1-2,6-7,9-10H2,(H,21,24). The molecule has 1 aromatic carbocycles. The van der Waals surface area contributed by atoms with E-state index in [9.17, 15) is 18.0 Å². The Kier molecular flexibility index (Phi) is 4.59. The minimum atomic E-state index is -4.40. The lowest BCUT2D eigenvalue weighted by atomic mass is 10.1. The second-order valence-electron chi connectivity index (χ2n) is 5.95. The number of hydrogen-bond donors (Lipinski definition) is 1. The van der Waals surface area contributed by atoms with Crippen LogP contribution in [-0.2, 0) is 36.9 Å². The van der Waals surface area contributed by atoms with E-state index in [1.54, 1.807) is 6.20 Å². The summed E-state index contributed by atoms with van der Waals surface area (Å²) in [5.41, 5.74) is 1.73. The van der Waals surface area contributed by atoms with Gasteiger partial charge in [-0.2, -0.15) is 18.3 Å². The van der Waals surface area contributed by atoms with Gasteiger partial charge in [-0.05, 0) is 30.9 Å². The van der Waals surface area contributed by atoms with E-state index >= 15 is 0 Å². The van der Waals surface area contributed by atoms with Crippen LogP contribution in [0.4, 0.5) is 13.2 Å². The summed E-state index contributed by atoms with van der Waals surface area (Å²) in [5.74, 6) is -0.301. The first-order valence-corrected chi connectivity index (χ1v) is 7.90.